The number of nitro groups is 1. The number of thioether (sulfide) groups is 1. The largest absolute Gasteiger partial charge is 0.504 e. The lowest BCUT2D eigenvalue weighted by Crippen LogP contribution is -2.19. The SMILES string of the molecule is COc1cc(/C=C2/SC(=Nc3ccc([N+](=O)[O-])cc3Br)NC2=O)cc(I)c1O. The lowest BCUT2D eigenvalue weighted by Gasteiger charge is -2.06. The molecule has 1 saturated heterocycles. The zero-order valence-corrected chi connectivity index (χ0v) is 18.7. The fourth-order valence-corrected chi connectivity index (χ4v) is 4.19. The highest BCUT2D eigenvalue weighted by Crippen LogP contribution is 2.36. The smallest absolute Gasteiger partial charge is 0.270 e. The molecular formula is C17H11BrIN3O5S. The fourth-order valence-electron chi connectivity index (χ4n) is 2.27. The zero-order valence-electron chi connectivity index (χ0n) is 14.1. The van der Waals surface area contributed by atoms with Crippen LogP contribution in [-0.2, 0) is 4.79 Å². The molecule has 8 nitrogen and oxygen atoms in total. The van der Waals surface area contributed by atoms with Gasteiger partial charge in [-0.2, -0.15) is 0 Å². The van der Waals surface area contributed by atoms with Gasteiger partial charge in [-0.1, -0.05) is 0 Å². The van der Waals surface area contributed by atoms with E-state index in [0.717, 1.165) is 11.8 Å². The maximum atomic E-state index is 12.2. The van der Waals surface area contributed by atoms with Crippen molar-refractivity contribution in [3.05, 3.63) is 59.0 Å². The standard InChI is InChI=1S/C17H11BrIN3O5S/c1-27-13-5-8(4-11(19)15(13)23)6-14-16(24)21-17(28-14)20-12-3-2-9(22(25)26)7-10(12)18/h2-7,23H,1H3,(H,20,21,24)/b14-6+. The number of carbonyl (C=O) groups excluding carboxylic acids is 1. The van der Waals surface area contributed by atoms with Crippen molar-refractivity contribution in [1.82, 2.24) is 5.32 Å². The summed E-state index contributed by atoms with van der Waals surface area (Å²) in [6, 6.07) is 7.54. The highest BCUT2D eigenvalue weighted by molar-refractivity contribution is 14.1. The van der Waals surface area contributed by atoms with Gasteiger partial charge in [0.05, 0.1) is 30.7 Å². The van der Waals surface area contributed by atoms with Crippen LogP contribution in [0.25, 0.3) is 6.08 Å². The summed E-state index contributed by atoms with van der Waals surface area (Å²) < 4.78 is 6.17. The summed E-state index contributed by atoms with van der Waals surface area (Å²) in [5.41, 5.74) is 1.08. The summed E-state index contributed by atoms with van der Waals surface area (Å²) in [6.45, 7) is 0. The number of rotatable bonds is 4. The number of phenolic OH excluding ortho intramolecular Hbond substituents is 1. The second-order valence-corrected chi connectivity index (χ2v) is 8.48. The van der Waals surface area contributed by atoms with Crippen molar-refractivity contribution in [2.24, 2.45) is 4.99 Å². The molecule has 0 bridgehead atoms. The molecule has 0 saturated carbocycles. The molecule has 2 aromatic carbocycles. The Kier molecular flexibility index (Phi) is 6.25. The van der Waals surface area contributed by atoms with Crippen molar-refractivity contribution in [3.63, 3.8) is 0 Å². The van der Waals surface area contributed by atoms with Gasteiger partial charge < -0.3 is 15.2 Å². The Labute approximate surface area is 185 Å². The Morgan fingerprint density at radius 3 is 2.79 bits per heavy atom. The number of nitrogens with zero attached hydrogens (tertiary/aromatic N) is 2. The molecule has 1 amide bonds. The number of amidine groups is 1. The number of aromatic hydroxyl groups is 1. The number of nitrogens with one attached hydrogen (secondary N) is 1. The molecule has 1 aliphatic heterocycles. The minimum atomic E-state index is -0.498. The van der Waals surface area contributed by atoms with Gasteiger partial charge in [0.2, 0.25) is 0 Å². The molecule has 0 aromatic heterocycles. The highest BCUT2D eigenvalue weighted by Gasteiger charge is 2.24. The Morgan fingerprint density at radius 2 is 2.14 bits per heavy atom. The van der Waals surface area contributed by atoms with Crippen molar-refractivity contribution in [1.29, 1.82) is 0 Å². The third-order valence-corrected chi connectivity index (χ3v) is 5.95. The average Bonchev–Trinajstić information content (AvgIpc) is 2.98. The van der Waals surface area contributed by atoms with Crippen molar-refractivity contribution >= 4 is 78.8 Å². The van der Waals surface area contributed by atoms with E-state index in [0.29, 0.717) is 35.1 Å². The number of ether oxygens (including phenoxy) is 1. The van der Waals surface area contributed by atoms with E-state index in [-0.39, 0.29) is 17.3 Å². The Balaban J connectivity index is 1.88. The number of carbonyl (C=O) groups is 1. The normalized spacial score (nSPS) is 16.5. The molecule has 11 heteroatoms. The van der Waals surface area contributed by atoms with Crippen LogP contribution in [0.4, 0.5) is 11.4 Å². The fraction of sp³-hybridized carbons (Fsp3) is 0.0588. The zero-order chi connectivity index (χ0) is 20.4. The third kappa shape index (κ3) is 4.47. The monoisotopic (exact) mass is 575 g/mol. The summed E-state index contributed by atoms with van der Waals surface area (Å²) in [5, 5.41) is 23.7. The molecule has 0 radical (unpaired) electrons. The molecule has 2 aromatic rings. The number of hydrogen-bond donors (Lipinski definition) is 2. The molecular weight excluding hydrogens is 565 g/mol. The molecule has 144 valence electrons. The number of amides is 1. The molecule has 0 aliphatic carbocycles. The first kappa shape index (κ1) is 20.6. The maximum Gasteiger partial charge on any atom is 0.270 e. The number of hydrogen-bond acceptors (Lipinski definition) is 7. The molecule has 1 aliphatic rings. The summed E-state index contributed by atoms with van der Waals surface area (Å²) in [4.78, 5) is 27.3. The second kappa shape index (κ2) is 8.49. The highest BCUT2D eigenvalue weighted by atomic mass is 127. The predicted octanol–water partition coefficient (Wildman–Crippen LogP) is 4.57. The first-order valence-electron chi connectivity index (χ1n) is 7.58. The summed E-state index contributed by atoms with van der Waals surface area (Å²) in [5.74, 6) is 0.0359. The van der Waals surface area contributed by atoms with E-state index in [1.165, 1.54) is 25.3 Å². The van der Waals surface area contributed by atoms with Gasteiger partial charge >= 0.3 is 0 Å². The van der Waals surface area contributed by atoms with Crippen LogP contribution in [0.15, 0.2) is 44.7 Å². The van der Waals surface area contributed by atoms with Crippen LogP contribution in [-0.4, -0.2) is 28.2 Å². The molecule has 1 fully saturated rings. The van der Waals surface area contributed by atoms with Gasteiger partial charge in [0.25, 0.3) is 11.6 Å². The van der Waals surface area contributed by atoms with Crippen LogP contribution in [0.1, 0.15) is 5.56 Å². The molecule has 1 heterocycles. The number of halogens is 2. The lowest BCUT2D eigenvalue weighted by molar-refractivity contribution is -0.384. The van der Waals surface area contributed by atoms with E-state index < -0.39 is 4.92 Å². The van der Waals surface area contributed by atoms with Crippen LogP contribution < -0.4 is 10.1 Å². The number of benzene rings is 2. The molecule has 0 atom stereocenters. The van der Waals surface area contributed by atoms with Gasteiger partial charge in [0, 0.05) is 12.1 Å². The van der Waals surface area contributed by atoms with Gasteiger partial charge in [-0.25, -0.2) is 4.99 Å². The topological polar surface area (TPSA) is 114 Å². The van der Waals surface area contributed by atoms with E-state index >= 15 is 0 Å². The summed E-state index contributed by atoms with van der Waals surface area (Å²) >= 11 is 6.37. The van der Waals surface area contributed by atoms with Crippen LogP contribution in [0.5, 0.6) is 11.5 Å². The van der Waals surface area contributed by atoms with E-state index in [4.69, 9.17) is 4.74 Å². The summed E-state index contributed by atoms with van der Waals surface area (Å²) in [7, 11) is 1.45. The number of phenols is 1. The number of non-ortho nitro benzene ring substituents is 1. The Hall–Kier alpha value is -2.12. The molecule has 0 spiro atoms. The van der Waals surface area contributed by atoms with Crippen LogP contribution in [0.2, 0.25) is 0 Å². The Bertz CT molecular complexity index is 1060. The van der Waals surface area contributed by atoms with Crippen molar-refractivity contribution < 1.29 is 19.6 Å². The lowest BCUT2D eigenvalue weighted by atomic mass is 10.2. The van der Waals surface area contributed by atoms with Crippen molar-refractivity contribution in [2.45, 2.75) is 0 Å². The minimum Gasteiger partial charge on any atom is -0.504 e. The predicted molar refractivity (Wildman–Crippen MR) is 119 cm³/mol. The van der Waals surface area contributed by atoms with Crippen LogP contribution in [0, 0.1) is 13.7 Å². The number of nitro benzene ring substituents is 1. The van der Waals surface area contributed by atoms with Gasteiger partial charge in [0.1, 0.15) is 0 Å². The van der Waals surface area contributed by atoms with Gasteiger partial charge in [-0.15, -0.1) is 0 Å². The first-order chi connectivity index (χ1) is 13.3. The van der Waals surface area contributed by atoms with Gasteiger partial charge in [-0.05, 0) is 80.1 Å². The van der Waals surface area contributed by atoms with Gasteiger partial charge in [-0.3, -0.25) is 14.9 Å². The van der Waals surface area contributed by atoms with Crippen LogP contribution >= 0.6 is 50.3 Å². The van der Waals surface area contributed by atoms with Crippen molar-refractivity contribution in [2.75, 3.05) is 7.11 Å². The van der Waals surface area contributed by atoms with Crippen LogP contribution in [0.3, 0.4) is 0 Å². The number of methoxy groups -OCH3 is 1. The Morgan fingerprint density at radius 1 is 1.39 bits per heavy atom. The van der Waals surface area contributed by atoms with E-state index in [1.807, 2.05) is 22.6 Å². The quantitative estimate of drug-likeness (QED) is 0.239. The maximum absolute atomic E-state index is 12.2. The molecule has 3 rings (SSSR count). The molecule has 2 N–H and O–H groups in total. The molecule has 28 heavy (non-hydrogen) atoms. The average molecular weight is 576 g/mol. The minimum absolute atomic E-state index is 0.0408. The third-order valence-electron chi connectivity index (χ3n) is 3.58. The first-order valence-corrected chi connectivity index (χ1v) is 10.3. The van der Waals surface area contributed by atoms with E-state index in [9.17, 15) is 20.0 Å². The second-order valence-electron chi connectivity index (χ2n) is 5.43. The van der Waals surface area contributed by atoms with E-state index in [2.05, 4.69) is 26.2 Å². The van der Waals surface area contributed by atoms with Gasteiger partial charge in [0.15, 0.2) is 16.7 Å². The van der Waals surface area contributed by atoms with E-state index in [1.54, 1.807) is 18.2 Å². The summed E-state index contributed by atoms with van der Waals surface area (Å²) in [6.07, 6.45) is 1.66. The van der Waals surface area contributed by atoms with Crippen molar-refractivity contribution in [3.8, 4) is 11.5 Å². The number of aliphatic imine (C=N–C) groups is 1. The molecule has 0 unspecified atom stereocenters.